The summed E-state index contributed by atoms with van der Waals surface area (Å²) in [5.74, 6) is -16.6. The van der Waals surface area contributed by atoms with Crippen molar-refractivity contribution in [3.63, 3.8) is 0 Å². The standard InChI is InChI=1S/C9H3F11N2O2S/c10-5(7(13,14)15,3(23)22-4-21-1-2-25-4)24-9(19,20)6(11,12)8(16,17)18/h1-2H,(H,21,22,23). The summed E-state index contributed by atoms with van der Waals surface area (Å²) in [6.07, 6.45) is -20.1. The summed E-state index contributed by atoms with van der Waals surface area (Å²) in [6.45, 7) is 0. The van der Waals surface area contributed by atoms with Gasteiger partial charge in [0.2, 0.25) is 0 Å². The van der Waals surface area contributed by atoms with Crippen LogP contribution in [0.2, 0.25) is 0 Å². The molecule has 25 heavy (non-hydrogen) atoms. The number of anilines is 1. The minimum Gasteiger partial charge on any atom is -0.297 e. The Morgan fingerprint density at radius 1 is 0.960 bits per heavy atom. The molecular weight excluding hydrogens is 409 g/mol. The van der Waals surface area contributed by atoms with E-state index in [-0.39, 0.29) is 0 Å². The van der Waals surface area contributed by atoms with Gasteiger partial charge >= 0.3 is 36.1 Å². The highest BCUT2D eigenvalue weighted by atomic mass is 32.1. The zero-order chi connectivity index (χ0) is 19.9. The number of amides is 1. The Kier molecular flexibility index (Phi) is 5.31. The topological polar surface area (TPSA) is 51.2 Å². The largest absolute Gasteiger partial charge is 0.462 e. The summed E-state index contributed by atoms with van der Waals surface area (Å²) in [6, 6.07) is 0. The maximum absolute atomic E-state index is 13.7. The third-order valence-corrected chi connectivity index (χ3v) is 2.99. The van der Waals surface area contributed by atoms with Crippen molar-refractivity contribution in [3.8, 4) is 0 Å². The minimum absolute atomic E-state index is 0.358. The van der Waals surface area contributed by atoms with Gasteiger partial charge in [0.1, 0.15) is 0 Å². The lowest BCUT2D eigenvalue weighted by molar-refractivity contribution is -0.472. The zero-order valence-electron chi connectivity index (χ0n) is 11.0. The van der Waals surface area contributed by atoms with Crippen LogP contribution < -0.4 is 5.32 Å². The van der Waals surface area contributed by atoms with E-state index < -0.39 is 41.3 Å². The quantitative estimate of drug-likeness (QED) is 0.741. The second-order valence-electron chi connectivity index (χ2n) is 4.08. The first-order valence-corrected chi connectivity index (χ1v) is 6.33. The van der Waals surface area contributed by atoms with E-state index in [2.05, 4.69) is 9.72 Å². The van der Waals surface area contributed by atoms with Crippen LogP contribution in [0.25, 0.3) is 0 Å². The molecule has 144 valence electrons. The Balaban J connectivity index is 3.25. The molecule has 0 spiro atoms. The van der Waals surface area contributed by atoms with Crippen molar-refractivity contribution in [2.75, 3.05) is 5.32 Å². The molecule has 1 amide bonds. The van der Waals surface area contributed by atoms with Gasteiger partial charge in [-0.2, -0.15) is 48.3 Å². The number of thiazole rings is 1. The Morgan fingerprint density at radius 3 is 1.84 bits per heavy atom. The summed E-state index contributed by atoms with van der Waals surface area (Å²) in [7, 11) is 0. The monoisotopic (exact) mass is 412 g/mol. The van der Waals surface area contributed by atoms with E-state index in [1.807, 2.05) is 0 Å². The number of aromatic nitrogens is 1. The van der Waals surface area contributed by atoms with E-state index in [0.29, 0.717) is 11.3 Å². The number of nitrogens with one attached hydrogen (secondary N) is 1. The maximum Gasteiger partial charge on any atom is 0.462 e. The molecule has 0 aliphatic rings. The highest BCUT2D eigenvalue weighted by Gasteiger charge is 2.79. The van der Waals surface area contributed by atoms with Crippen molar-refractivity contribution in [1.29, 1.82) is 0 Å². The Morgan fingerprint density at radius 2 is 1.48 bits per heavy atom. The summed E-state index contributed by atoms with van der Waals surface area (Å²) in [5.41, 5.74) is 0. The molecule has 4 nitrogen and oxygen atoms in total. The zero-order valence-corrected chi connectivity index (χ0v) is 11.8. The first-order valence-electron chi connectivity index (χ1n) is 5.45. The molecule has 0 bridgehead atoms. The van der Waals surface area contributed by atoms with Crippen molar-refractivity contribution in [1.82, 2.24) is 4.98 Å². The van der Waals surface area contributed by atoms with Crippen LogP contribution >= 0.6 is 11.3 Å². The number of ether oxygens (including phenoxy) is 1. The molecule has 1 aromatic heterocycles. The molecule has 1 unspecified atom stereocenters. The summed E-state index contributed by atoms with van der Waals surface area (Å²) in [5, 5.41) is 1.19. The number of hydrogen-bond acceptors (Lipinski definition) is 4. The van der Waals surface area contributed by atoms with E-state index in [1.54, 1.807) is 0 Å². The van der Waals surface area contributed by atoms with Gasteiger partial charge in [0.25, 0.3) is 0 Å². The molecule has 0 saturated carbocycles. The molecular formula is C9H3F11N2O2S. The number of halogens is 11. The van der Waals surface area contributed by atoms with Gasteiger partial charge in [0.15, 0.2) is 5.13 Å². The van der Waals surface area contributed by atoms with E-state index in [1.165, 1.54) is 0 Å². The van der Waals surface area contributed by atoms with Gasteiger partial charge < -0.3 is 0 Å². The molecule has 0 saturated heterocycles. The summed E-state index contributed by atoms with van der Waals surface area (Å²) < 4.78 is 140. The second kappa shape index (κ2) is 6.22. The van der Waals surface area contributed by atoms with E-state index >= 15 is 0 Å². The lowest BCUT2D eigenvalue weighted by Crippen LogP contribution is -2.62. The average Bonchev–Trinajstić information content (AvgIpc) is 2.87. The summed E-state index contributed by atoms with van der Waals surface area (Å²) >= 11 is 0.358. The van der Waals surface area contributed by atoms with E-state index in [9.17, 15) is 53.1 Å². The average molecular weight is 412 g/mol. The fourth-order valence-electron chi connectivity index (χ4n) is 1.10. The molecule has 1 N–H and O–H groups in total. The predicted molar refractivity (Wildman–Crippen MR) is 57.7 cm³/mol. The highest BCUT2D eigenvalue weighted by Crippen LogP contribution is 2.51. The first-order chi connectivity index (χ1) is 11.0. The predicted octanol–water partition coefficient (Wildman–Crippen LogP) is 4.12. The Labute approximate surface area is 133 Å². The molecule has 0 aliphatic carbocycles. The SMILES string of the molecule is O=C(Nc1nccs1)C(F)(OC(F)(F)C(F)(F)C(F)(F)F)C(F)(F)F. The van der Waals surface area contributed by atoms with Crippen LogP contribution in [0, 0.1) is 0 Å². The van der Waals surface area contributed by atoms with Gasteiger partial charge in [-0.15, -0.1) is 11.3 Å². The lowest BCUT2D eigenvalue weighted by Gasteiger charge is -2.33. The number of rotatable bonds is 5. The maximum atomic E-state index is 13.7. The highest BCUT2D eigenvalue weighted by molar-refractivity contribution is 7.13. The van der Waals surface area contributed by atoms with E-state index in [4.69, 9.17) is 0 Å². The van der Waals surface area contributed by atoms with Crippen LogP contribution in [-0.4, -0.2) is 41.1 Å². The molecule has 0 fully saturated rings. The fourth-order valence-corrected chi connectivity index (χ4v) is 1.63. The number of nitrogens with zero attached hydrogens (tertiary/aromatic N) is 1. The second-order valence-corrected chi connectivity index (χ2v) is 4.97. The van der Waals surface area contributed by atoms with Gasteiger partial charge in [-0.1, -0.05) is 0 Å². The van der Waals surface area contributed by atoms with Crippen molar-refractivity contribution < 1.29 is 57.8 Å². The van der Waals surface area contributed by atoms with Crippen molar-refractivity contribution >= 4 is 22.4 Å². The molecule has 1 heterocycles. The molecule has 16 heteroatoms. The Hall–Kier alpha value is -1.71. The number of carbonyl (C=O) groups excluding carboxylic acids is 1. The molecule has 0 aliphatic heterocycles. The van der Waals surface area contributed by atoms with Crippen LogP contribution in [0.4, 0.5) is 53.4 Å². The van der Waals surface area contributed by atoms with Crippen LogP contribution in [-0.2, 0) is 9.53 Å². The van der Waals surface area contributed by atoms with Gasteiger partial charge in [-0.05, 0) is 0 Å². The molecule has 1 atom stereocenters. The van der Waals surface area contributed by atoms with Gasteiger partial charge in [0, 0.05) is 11.6 Å². The van der Waals surface area contributed by atoms with Crippen molar-refractivity contribution in [2.45, 2.75) is 30.2 Å². The lowest BCUT2D eigenvalue weighted by atomic mass is 10.2. The molecule has 1 rings (SSSR count). The number of alkyl halides is 11. The van der Waals surface area contributed by atoms with E-state index in [0.717, 1.165) is 16.9 Å². The summed E-state index contributed by atoms with van der Waals surface area (Å²) in [4.78, 5) is 14.3. The molecule has 0 radical (unpaired) electrons. The molecule has 1 aromatic rings. The van der Waals surface area contributed by atoms with Crippen molar-refractivity contribution in [3.05, 3.63) is 11.6 Å². The van der Waals surface area contributed by atoms with Crippen LogP contribution in [0.1, 0.15) is 0 Å². The fraction of sp³-hybridized carbons (Fsp3) is 0.556. The third kappa shape index (κ3) is 3.94. The van der Waals surface area contributed by atoms with Gasteiger partial charge in [-0.3, -0.25) is 14.8 Å². The Bertz CT molecular complexity index is 612. The smallest absolute Gasteiger partial charge is 0.297 e. The van der Waals surface area contributed by atoms with Crippen LogP contribution in [0.15, 0.2) is 11.6 Å². The van der Waals surface area contributed by atoms with Crippen LogP contribution in [0.5, 0.6) is 0 Å². The van der Waals surface area contributed by atoms with Gasteiger partial charge in [0.05, 0.1) is 0 Å². The van der Waals surface area contributed by atoms with Gasteiger partial charge in [-0.25, -0.2) is 4.98 Å². The van der Waals surface area contributed by atoms with Crippen molar-refractivity contribution in [2.24, 2.45) is 0 Å². The number of hydrogen-bond donors (Lipinski definition) is 1. The molecule has 0 aromatic carbocycles. The minimum atomic E-state index is -7.23. The first kappa shape index (κ1) is 21.3. The van der Waals surface area contributed by atoms with Crippen LogP contribution in [0.3, 0.4) is 0 Å². The third-order valence-electron chi connectivity index (χ3n) is 2.30. The normalized spacial score (nSPS) is 16.4. The number of carbonyl (C=O) groups is 1.